The lowest BCUT2D eigenvalue weighted by atomic mass is 10.1. The van der Waals surface area contributed by atoms with E-state index in [2.05, 4.69) is 311 Å². The number of hydrogen-bond donors (Lipinski definition) is 0. The normalized spacial score (nSPS) is 11.9. The number of hydrogen-bond acceptors (Lipinski definition) is 2. The van der Waals surface area contributed by atoms with Gasteiger partial charge < -0.3 is 18.9 Å². The van der Waals surface area contributed by atoms with E-state index < -0.39 is 8.07 Å². The second-order valence-electron chi connectivity index (χ2n) is 20.1. The van der Waals surface area contributed by atoms with Gasteiger partial charge in [-0.1, -0.05) is 183 Å². The highest BCUT2D eigenvalue weighted by atomic mass is 28.3. The van der Waals surface area contributed by atoms with Crippen molar-refractivity contribution < 1.29 is 0 Å². The highest BCUT2D eigenvalue weighted by Gasteiger charge is 2.31. The van der Waals surface area contributed by atoms with Gasteiger partial charge in [0.05, 0.1) is 33.4 Å². The fourth-order valence-corrected chi connectivity index (χ4v) is 15.2. The molecule has 0 aliphatic heterocycles. The Morgan fingerprint density at radius 3 is 1.01 bits per heavy atom. The third-order valence-corrected chi connectivity index (χ3v) is 19.1. The Hall–Kier alpha value is -9.42. The predicted octanol–water partition coefficient (Wildman–Crippen LogP) is 17.9. The molecule has 0 N–H and O–H groups in total. The third-order valence-electron chi connectivity index (χ3n) is 15.5. The van der Waals surface area contributed by atoms with Crippen LogP contribution in [0.25, 0.3) is 76.5 Å². The van der Waals surface area contributed by atoms with E-state index in [1.165, 1.54) is 75.5 Å². The van der Waals surface area contributed by atoms with Crippen LogP contribution in [0.5, 0.6) is 0 Å². The van der Waals surface area contributed by atoms with Gasteiger partial charge in [-0.3, -0.25) is 0 Å². The molecule has 2 aromatic heterocycles. The molecule has 14 aromatic rings. The molecule has 0 spiro atoms. The number of rotatable bonds is 10. The summed E-state index contributed by atoms with van der Waals surface area (Å²) in [4.78, 5) is 4.90. The Bertz CT molecular complexity index is 4160. The molecule has 0 aliphatic carbocycles. The van der Waals surface area contributed by atoms with E-state index in [9.17, 15) is 0 Å². The van der Waals surface area contributed by atoms with Crippen molar-refractivity contribution in [1.82, 2.24) is 9.13 Å². The zero-order valence-electron chi connectivity index (χ0n) is 41.8. The Kier molecular flexibility index (Phi) is 10.6. The van der Waals surface area contributed by atoms with Gasteiger partial charge in [0.2, 0.25) is 0 Å². The lowest BCUT2D eigenvalue weighted by molar-refractivity contribution is 1.18. The minimum absolute atomic E-state index is 1.11. The maximum atomic E-state index is 2.53. The van der Waals surface area contributed by atoms with Gasteiger partial charge in [-0.05, 0) is 130 Å². The summed E-state index contributed by atoms with van der Waals surface area (Å²) in [6.45, 7) is 5.07. The smallest absolute Gasteiger partial charge is 0.113 e. The van der Waals surface area contributed by atoms with Crippen molar-refractivity contribution in [1.29, 1.82) is 0 Å². The molecule has 75 heavy (non-hydrogen) atoms. The lowest BCUT2D eigenvalue weighted by Crippen LogP contribution is -2.53. The Morgan fingerprint density at radius 1 is 0.253 bits per heavy atom. The fraction of sp³-hybridized carbons (Fsp3) is 0.0286. The molecule has 2 heterocycles. The van der Waals surface area contributed by atoms with Crippen LogP contribution in [0.2, 0.25) is 13.1 Å². The van der Waals surface area contributed by atoms with Gasteiger partial charge in [-0.25, -0.2) is 0 Å². The molecule has 0 radical (unpaired) electrons. The number of anilines is 6. The van der Waals surface area contributed by atoms with E-state index in [0.29, 0.717) is 0 Å². The molecule has 0 saturated heterocycles. The van der Waals surface area contributed by atoms with E-state index in [1.807, 2.05) is 0 Å². The van der Waals surface area contributed by atoms with Crippen LogP contribution in [0, 0.1) is 0 Å². The summed E-state index contributed by atoms with van der Waals surface area (Å²) in [7, 11) is -2.45. The first-order chi connectivity index (χ1) is 37.0. The molecule has 356 valence electrons. The summed E-state index contributed by atoms with van der Waals surface area (Å²) in [5.41, 5.74) is 13.8. The van der Waals surface area contributed by atoms with Gasteiger partial charge in [0.25, 0.3) is 0 Å². The topological polar surface area (TPSA) is 16.3 Å². The van der Waals surface area contributed by atoms with Crippen LogP contribution < -0.4 is 20.2 Å². The van der Waals surface area contributed by atoms with Crippen molar-refractivity contribution in [3.8, 4) is 11.4 Å². The molecule has 12 aromatic carbocycles. The molecule has 0 aliphatic rings. The molecular formula is C70H52N4Si. The summed E-state index contributed by atoms with van der Waals surface area (Å²) in [6.07, 6.45) is 0. The molecule has 0 atom stereocenters. The zero-order valence-corrected chi connectivity index (χ0v) is 42.8. The number of fused-ring (bicyclic) bond motifs is 8. The van der Waals surface area contributed by atoms with Crippen molar-refractivity contribution in [2.75, 3.05) is 9.80 Å². The standard InChI is InChI=1S/C70H52N4Si/c1-75(2,69-41-21-33-55-59(69)35-19-39-63(55)71(49-23-7-3-8-24-49)53-43-45-67-61(47-53)57-31-15-17-37-65(57)73(67)51-27-11-5-12-28-51)70-42-22-34-56-60(70)36-20-40-64(56)72(50-25-9-4-10-26-50)54-44-46-68-62(48-54)58-32-16-18-38-66(58)74(68)52-29-13-6-14-30-52/h3-48H,1-2H3. The molecule has 14 rings (SSSR count). The minimum Gasteiger partial charge on any atom is -0.310 e. The molecular weight excluding hydrogens is 925 g/mol. The minimum atomic E-state index is -2.45. The average molecular weight is 977 g/mol. The van der Waals surface area contributed by atoms with Gasteiger partial charge in [0.1, 0.15) is 8.07 Å². The first kappa shape index (κ1) is 44.3. The summed E-state index contributed by atoms with van der Waals surface area (Å²) in [5, 5.41) is 12.8. The first-order valence-electron chi connectivity index (χ1n) is 25.9. The van der Waals surface area contributed by atoms with E-state index in [0.717, 1.165) is 45.5 Å². The predicted molar refractivity (Wildman–Crippen MR) is 323 cm³/mol. The molecule has 0 amide bonds. The quantitative estimate of drug-likeness (QED) is 0.127. The highest BCUT2D eigenvalue weighted by Crippen LogP contribution is 2.44. The van der Waals surface area contributed by atoms with Crippen LogP contribution in [0.4, 0.5) is 34.1 Å². The first-order valence-corrected chi connectivity index (χ1v) is 28.9. The molecule has 0 fully saturated rings. The Labute approximate surface area is 437 Å². The number of para-hydroxylation sites is 6. The second-order valence-corrected chi connectivity index (χ2v) is 24.4. The number of aromatic nitrogens is 2. The Morgan fingerprint density at radius 2 is 0.587 bits per heavy atom. The van der Waals surface area contributed by atoms with E-state index in [-0.39, 0.29) is 0 Å². The summed E-state index contributed by atoms with van der Waals surface area (Å²) < 4.78 is 4.78. The SMILES string of the molecule is C[Si](C)(c1cccc2c(N(c3ccccc3)c3ccc4c(c3)c3ccccc3n4-c3ccccc3)cccc12)c1cccc2c(N(c3ccccc3)c3ccc4c(c3)c3ccccc3n4-c3ccccc3)cccc12. The van der Waals surface area contributed by atoms with Crippen molar-refractivity contribution in [2.24, 2.45) is 0 Å². The molecule has 0 bridgehead atoms. The number of benzene rings is 12. The zero-order chi connectivity index (χ0) is 50.0. The van der Waals surface area contributed by atoms with Gasteiger partial charge in [0.15, 0.2) is 0 Å². The van der Waals surface area contributed by atoms with Crippen molar-refractivity contribution >= 4 is 118 Å². The number of nitrogens with zero attached hydrogens (tertiary/aromatic N) is 4. The molecule has 5 heteroatoms. The van der Waals surface area contributed by atoms with Crippen LogP contribution in [-0.4, -0.2) is 17.2 Å². The van der Waals surface area contributed by atoms with E-state index >= 15 is 0 Å². The highest BCUT2D eigenvalue weighted by molar-refractivity contribution is 7.03. The van der Waals surface area contributed by atoms with Crippen LogP contribution in [-0.2, 0) is 0 Å². The summed E-state index contributed by atoms with van der Waals surface area (Å²) in [6, 6.07) is 102. The van der Waals surface area contributed by atoms with Crippen LogP contribution in [0.3, 0.4) is 0 Å². The third kappa shape index (κ3) is 7.26. The van der Waals surface area contributed by atoms with Crippen molar-refractivity contribution in [3.63, 3.8) is 0 Å². The van der Waals surface area contributed by atoms with Gasteiger partial charge in [-0.15, -0.1) is 0 Å². The maximum Gasteiger partial charge on any atom is 0.113 e. The Balaban J connectivity index is 0.909. The summed E-state index contributed by atoms with van der Waals surface area (Å²) in [5.74, 6) is 0. The lowest BCUT2D eigenvalue weighted by Gasteiger charge is -2.31. The average Bonchev–Trinajstić information content (AvgIpc) is 3.98. The monoisotopic (exact) mass is 976 g/mol. The van der Waals surface area contributed by atoms with Gasteiger partial charge in [-0.2, -0.15) is 0 Å². The van der Waals surface area contributed by atoms with Crippen molar-refractivity contribution in [2.45, 2.75) is 13.1 Å². The van der Waals surface area contributed by atoms with Crippen LogP contribution in [0.15, 0.2) is 279 Å². The van der Waals surface area contributed by atoms with Crippen molar-refractivity contribution in [3.05, 3.63) is 279 Å². The van der Waals surface area contributed by atoms with Crippen LogP contribution in [0.1, 0.15) is 0 Å². The summed E-state index contributed by atoms with van der Waals surface area (Å²) >= 11 is 0. The molecule has 0 unspecified atom stereocenters. The largest absolute Gasteiger partial charge is 0.310 e. The maximum absolute atomic E-state index is 2.53. The van der Waals surface area contributed by atoms with E-state index in [4.69, 9.17) is 0 Å². The molecule has 4 nitrogen and oxygen atoms in total. The van der Waals surface area contributed by atoms with Crippen LogP contribution >= 0.6 is 0 Å². The second kappa shape index (κ2) is 18.0. The molecule has 0 saturated carbocycles. The fourth-order valence-electron chi connectivity index (χ4n) is 12.1. The van der Waals surface area contributed by atoms with E-state index in [1.54, 1.807) is 0 Å². The van der Waals surface area contributed by atoms with Gasteiger partial charge in [0, 0.05) is 66.4 Å². The van der Waals surface area contributed by atoms with Gasteiger partial charge >= 0.3 is 0 Å².